The molecular weight excluding hydrogens is 360 g/mol. The number of hydrogen-bond acceptors (Lipinski definition) is 0. The molecule has 0 heterocycles. The molecule has 21 valence electrons. The summed E-state index contributed by atoms with van der Waals surface area (Å²) in [4.78, 5) is 0. The van der Waals surface area contributed by atoms with Gasteiger partial charge in [-0.15, -0.1) is 0 Å². The van der Waals surface area contributed by atoms with Gasteiger partial charge in [-0.05, 0) is 0 Å². The van der Waals surface area contributed by atoms with Gasteiger partial charge in [-0.3, -0.25) is 0 Å². The summed E-state index contributed by atoms with van der Waals surface area (Å²) in [5.74, 6) is 0. The molecule has 0 bridgehead atoms. The monoisotopic (exact) mass is 361 g/mol. The average Bonchev–Trinajstić information content (AvgIpc) is 0. The molecule has 0 fully saturated rings. The molecule has 4 heavy (non-hydrogen) atoms. The van der Waals surface area contributed by atoms with Crippen LogP contribution in [0.5, 0.6) is 0 Å². The Labute approximate surface area is 67.1 Å². The Morgan fingerprint density at radius 2 is 1.00 bits per heavy atom. The maximum Gasteiger partial charge on any atom is 4.00 e. The summed E-state index contributed by atoms with van der Waals surface area (Å²) < 4.78 is 0. The fourth-order valence-corrected chi connectivity index (χ4v) is 0. The van der Waals surface area contributed by atoms with Crippen LogP contribution < -0.4 is 0 Å². The molecule has 0 rings (SSSR count). The maximum absolute atomic E-state index is 0. The van der Waals surface area contributed by atoms with Crippen molar-refractivity contribution in [1.29, 1.82) is 0 Å². The summed E-state index contributed by atoms with van der Waals surface area (Å²) >= 11 is 0. The van der Waals surface area contributed by atoms with E-state index >= 15 is 0 Å². The molecule has 0 atom stereocenters. The predicted octanol–water partition coefficient (Wildman–Crippen LogP) is -0.126. The van der Waals surface area contributed by atoms with Gasteiger partial charge in [0.05, 0.1) is 0 Å². The third kappa shape index (κ3) is 9.01. The number of hydrogen-bond donors (Lipinski definition) is 0. The van der Waals surface area contributed by atoms with Crippen LogP contribution >= 0.6 is 0 Å². The SMILES string of the molecule is [O-2].[Pt+2].[Ru+3].[Ti+4]. The van der Waals surface area contributed by atoms with Gasteiger partial charge < -0.3 is 5.48 Å². The van der Waals surface area contributed by atoms with Crippen molar-refractivity contribution in [3.05, 3.63) is 0 Å². The van der Waals surface area contributed by atoms with Gasteiger partial charge in [0.15, 0.2) is 0 Å². The molecule has 0 unspecified atom stereocenters. The Hall–Kier alpha value is 1.99. The second-order valence-corrected chi connectivity index (χ2v) is 0. The Morgan fingerprint density at radius 3 is 1.00 bits per heavy atom. The molecule has 0 aromatic rings. The van der Waals surface area contributed by atoms with Crippen LogP contribution in [0.2, 0.25) is 0 Å². The third-order valence-corrected chi connectivity index (χ3v) is 0. The van der Waals surface area contributed by atoms with Crippen molar-refractivity contribution in [2.75, 3.05) is 0 Å². The van der Waals surface area contributed by atoms with Gasteiger partial charge in [0.2, 0.25) is 0 Å². The minimum atomic E-state index is 0. The van der Waals surface area contributed by atoms with Crippen molar-refractivity contribution in [3.8, 4) is 0 Å². The van der Waals surface area contributed by atoms with Crippen molar-refractivity contribution in [3.63, 3.8) is 0 Å². The van der Waals surface area contributed by atoms with E-state index in [9.17, 15) is 0 Å². The first-order chi connectivity index (χ1) is 0. The quantitative estimate of drug-likeness (QED) is 0.539. The summed E-state index contributed by atoms with van der Waals surface area (Å²) in [6.07, 6.45) is 0. The Kier molecular flexibility index (Phi) is 189. The second-order valence-electron chi connectivity index (χ2n) is 0. The topological polar surface area (TPSA) is 28.5 Å². The van der Waals surface area contributed by atoms with Gasteiger partial charge in [-0.25, -0.2) is 0 Å². The zero-order valence-corrected chi connectivity index (χ0v) is 7.15. The van der Waals surface area contributed by atoms with E-state index in [1.165, 1.54) is 0 Å². The molecule has 0 saturated carbocycles. The molecule has 0 aliphatic heterocycles. The average molecular weight is 360 g/mol. The second kappa shape index (κ2) is 20.1. The van der Waals surface area contributed by atoms with Crippen LogP contribution in [0.3, 0.4) is 0 Å². The summed E-state index contributed by atoms with van der Waals surface area (Å²) in [5.41, 5.74) is 0. The molecule has 1 radical (unpaired) electrons. The van der Waals surface area contributed by atoms with Gasteiger partial charge in [-0.1, -0.05) is 0 Å². The van der Waals surface area contributed by atoms with Crippen molar-refractivity contribution in [2.45, 2.75) is 0 Å². The zero-order chi connectivity index (χ0) is 0. The molecule has 0 N–H and O–H groups in total. The fourth-order valence-electron chi connectivity index (χ4n) is 0. The van der Waals surface area contributed by atoms with Crippen molar-refractivity contribution >= 4 is 0 Å². The molecule has 0 spiro atoms. The van der Waals surface area contributed by atoms with E-state index in [0.717, 1.165) is 0 Å². The van der Waals surface area contributed by atoms with E-state index in [4.69, 9.17) is 0 Å². The van der Waals surface area contributed by atoms with Gasteiger partial charge in [-0.2, -0.15) is 0 Å². The first kappa shape index (κ1) is 37.7. The maximum atomic E-state index is 0. The molecule has 0 saturated heterocycles. The van der Waals surface area contributed by atoms with Crippen LogP contribution in [0.4, 0.5) is 0 Å². The summed E-state index contributed by atoms with van der Waals surface area (Å²) in [6.45, 7) is 0. The van der Waals surface area contributed by atoms with Crippen LogP contribution in [0.1, 0.15) is 0 Å². The molecule has 4 heteroatoms. The summed E-state index contributed by atoms with van der Waals surface area (Å²) in [7, 11) is 0. The smallest absolute Gasteiger partial charge is 2.00 e. The van der Waals surface area contributed by atoms with Gasteiger partial charge in [0.25, 0.3) is 0 Å². The first-order valence-electron chi connectivity index (χ1n) is 0. The first-order valence-corrected chi connectivity index (χ1v) is 0. The van der Waals surface area contributed by atoms with E-state index in [0.29, 0.717) is 0 Å². The van der Waals surface area contributed by atoms with Crippen molar-refractivity contribution < 1.29 is 67.7 Å². The fraction of sp³-hybridized carbons (Fsp3) is 0. The molecule has 0 amide bonds. The van der Waals surface area contributed by atoms with Crippen LogP contribution in [-0.2, 0) is 67.7 Å². The standard InChI is InChI=1S/O.Pt.Ru.Ti/q-2;+2;+3;+4. The Balaban J connectivity index is 0. The van der Waals surface area contributed by atoms with E-state index in [2.05, 4.69) is 0 Å². The van der Waals surface area contributed by atoms with Gasteiger partial charge in [0.1, 0.15) is 0 Å². The summed E-state index contributed by atoms with van der Waals surface area (Å²) in [6, 6.07) is 0. The van der Waals surface area contributed by atoms with Crippen LogP contribution in [0, 0.1) is 0 Å². The van der Waals surface area contributed by atoms with Crippen LogP contribution in [0.25, 0.3) is 0 Å². The van der Waals surface area contributed by atoms with E-state index in [-0.39, 0.29) is 67.7 Å². The van der Waals surface area contributed by atoms with Crippen molar-refractivity contribution in [1.82, 2.24) is 0 Å². The largest absolute Gasteiger partial charge is 4.00 e. The molecular formula is OPtRuTi+7. The van der Waals surface area contributed by atoms with Gasteiger partial charge >= 0.3 is 62.3 Å². The predicted molar refractivity (Wildman–Crippen MR) is 0.686 cm³/mol. The zero-order valence-electron chi connectivity index (χ0n) is 1.58. The van der Waals surface area contributed by atoms with E-state index in [1.54, 1.807) is 0 Å². The normalized spacial score (nSPS) is 0. The molecule has 1 nitrogen and oxygen atoms in total. The van der Waals surface area contributed by atoms with Gasteiger partial charge in [0, 0.05) is 0 Å². The minimum Gasteiger partial charge on any atom is -2.00 e. The molecule has 0 aromatic heterocycles. The third-order valence-electron chi connectivity index (χ3n) is 0. The van der Waals surface area contributed by atoms with Crippen LogP contribution in [-0.4, -0.2) is 0 Å². The molecule has 0 aliphatic rings. The van der Waals surface area contributed by atoms with Crippen molar-refractivity contribution in [2.24, 2.45) is 0 Å². The Bertz CT molecular complexity index is 8.00. The van der Waals surface area contributed by atoms with Crippen LogP contribution in [0.15, 0.2) is 0 Å². The summed E-state index contributed by atoms with van der Waals surface area (Å²) in [5, 5.41) is 0. The van der Waals surface area contributed by atoms with E-state index in [1.807, 2.05) is 0 Å². The number of rotatable bonds is 0. The molecule has 0 aliphatic carbocycles. The Morgan fingerprint density at radius 1 is 1.00 bits per heavy atom. The molecule has 0 aromatic carbocycles. The minimum absolute atomic E-state index is 0. The van der Waals surface area contributed by atoms with E-state index < -0.39 is 0 Å².